The Labute approximate surface area is 420 Å². The van der Waals surface area contributed by atoms with Gasteiger partial charge in [0, 0.05) is 19.3 Å². The number of hydrogen-bond acceptors (Lipinski definition) is 15. The molecule has 0 spiro atoms. The SMILES string of the molecule is CCC(C)(CCOC(C)(C)CC(=O)C(O)P)OCC(COC(C)(C)CCOC(C)(C)CC(=O)C(O)P)(COC(C)(C)CCOC(C)(C)CC(=O)C(O)I)COC(C)(C)CCOC(C)(F)CC=O. The van der Waals surface area contributed by atoms with Crippen LogP contribution in [-0.2, 0) is 57.1 Å². The first-order valence-electron chi connectivity index (χ1n) is 23.3. The van der Waals surface area contributed by atoms with Crippen molar-refractivity contribution in [2.75, 3.05) is 52.9 Å². The van der Waals surface area contributed by atoms with Crippen LogP contribution in [0.4, 0.5) is 4.39 Å². The number of aliphatic hydroxyl groups excluding tert-OH is 3. The number of ketones is 3. The molecule has 67 heavy (non-hydrogen) atoms. The molecule has 0 aliphatic heterocycles. The maximum atomic E-state index is 14.8. The molecule has 0 aromatic rings. The van der Waals surface area contributed by atoms with Gasteiger partial charge in [-0.25, -0.2) is 4.39 Å². The summed E-state index contributed by atoms with van der Waals surface area (Å²) < 4.78 is 64.7. The van der Waals surface area contributed by atoms with Crippen LogP contribution < -0.4 is 0 Å². The highest BCUT2D eigenvalue weighted by Gasteiger charge is 2.41. The Kier molecular flexibility index (Phi) is 28.8. The highest BCUT2D eigenvalue weighted by atomic mass is 127. The Morgan fingerprint density at radius 2 is 0.836 bits per heavy atom. The maximum absolute atomic E-state index is 14.8. The van der Waals surface area contributed by atoms with E-state index in [1.165, 1.54) is 6.92 Å². The van der Waals surface area contributed by atoms with Gasteiger partial charge >= 0.3 is 0 Å². The number of rotatable bonds is 40. The first-order valence-corrected chi connectivity index (χ1v) is 25.9. The molecule has 0 amide bonds. The summed E-state index contributed by atoms with van der Waals surface area (Å²) in [5.41, 5.74) is -6.61. The van der Waals surface area contributed by atoms with Crippen molar-refractivity contribution in [1.29, 1.82) is 0 Å². The second kappa shape index (κ2) is 28.9. The summed E-state index contributed by atoms with van der Waals surface area (Å²) in [6.07, 6.45) is 2.35. The standard InChI is InChI=1S/C48H90FIO15P2/c1-16-46(14,21-26-60-45(12,13)29-36(54)39(57)67)65-33-48(32-64-42(6,7)20-25-61-47(15,49)17-22-51,30-62-40(2,3)18-23-58-43(8,9)27-34(52)37(50)55)31-63-41(4,5)19-24-59-44(10,11)28-35(53)38(56)66/h22,37-39,55-57H,16-21,23-33,66-67H2,1-15H3. The molecule has 8 atom stereocenters. The maximum Gasteiger partial charge on any atom is 0.213 e. The minimum absolute atomic E-state index is 0.0203. The molecule has 0 saturated carbocycles. The number of aliphatic hydroxyl groups is 3. The summed E-state index contributed by atoms with van der Waals surface area (Å²) in [6.45, 7) is 28.5. The van der Waals surface area contributed by atoms with Crippen molar-refractivity contribution in [2.24, 2.45) is 5.41 Å². The highest BCUT2D eigenvalue weighted by Crippen LogP contribution is 2.34. The van der Waals surface area contributed by atoms with Crippen LogP contribution in [0.1, 0.15) is 162 Å². The van der Waals surface area contributed by atoms with E-state index in [0.29, 0.717) is 32.0 Å². The summed E-state index contributed by atoms with van der Waals surface area (Å²) in [5, 5.41) is 29.3. The van der Waals surface area contributed by atoms with Gasteiger partial charge in [-0.1, -0.05) is 25.4 Å². The van der Waals surface area contributed by atoms with E-state index in [4.69, 9.17) is 37.9 Å². The summed E-state index contributed by atoms with van der Waals surface area (Å²) in [5.74, 6) is -5.52. The lowest BCUT2D eigenvalue weighted by atomic mass is 9.89. The first kappa shape index (κ1) is 66.8. The molecule has 0 aliphatic rings. The van der Waals surface area contributed by atoms with Crippen LogP contribution in [0.25, 0.3) is 0 Å². The smallest absolute Gasteiger partial charge is 0.213 e. The lowest BCUT2D eigenvalue weighted by Gasteiger charge is -2.43. The number of ether oxygens (including phenoxy) is 8. The minimum atomic E-state index is -2.13. The van der Waals surface area contributed by atoms with E-state index in [1.807, 2.05) is 55.4 Å². The normalized spacial score (nSPS) is 17.5. The second-order valence-electron chi connectivity index (χ2n) is 22.0. The predicted molar refractivity (Wildman–Crippen MR) is 272 cm³/mol. The summed E-state index contributed by atoms with van der Waals surface area (Å²) in [7, 11) is 4.19. The quantitative estimate of drug-likeness (QED) is 0.0232. The fourth-order valence-corrected chi connectivity index (χ4v) is 6.76. The molecular weight excluding hydrogens is 1020 g/mol. The van der Waals surface area contributed by atoms with E-state index >= 15 is 0 Å². The monoisotopic (exact) mass is 1110 g/mol. The van der Waals surface area contributed by atoms with Crippen molar-refractivity contribution in [2.45, 2.75) is 223 Å². The Bertz CT molecular complexity index is 1450. The van der Waals surface area contributed by atoms with E-state index < -0.39 is 72.7 Å². The number of Topliss-reactive ketones (excluding diaryl/α,β-unsaturated/α-hetero) is 3. The Morgan fingerprint density at radius 1 is 0.522 bits per heavy atom. The zero-order valence-corrected chi connectivity index (χ0v) is 47.9. The van der Waals surface area contributed by atoms with Gasteiger partial charge in [-0.05, 0) is 152 Å². The first-order chi connectivity index (χ1) is 30.3. The van der Waals surface area contributed by atoms with Crippen LogP contribution in [0.5, 0.6) is 0 Å². The molecule has 0 rings (SSSR count). The average molecular weight is 1120 g/mol. The molecular formula is C48H90FIO15P2. The third-order valence-electron chi connectivity index (χ3n) is 11.6. The van der Waals surface area contributed by atoms with Crippen LogP contribution in [0, 0.1) is 5.41 Å². The van der Waals surface area contributed by atoms with Crippen LogP contribution >= 0.6 is 41.1 Å². The zero-order valence-electron chi connectivity index (χ0n) is 43.5. The van der Waals surface area contributed by atoms with Gasteiger partial charge in [0.1, 0.15) is 18.0 Å². The molecule has 0 fully saturated rings. The van der Waals surface area contributed by atoms with Crippen molar-refractivity contribution >= 4 is 64.7 Å². The lowest BCUT2D eigenvalue weighted by molar-refractivity contribution is -0.201. The van der Waals surface area contributed by atoms with Crippen molar-refractivity contribution in [3.63, 3.8) is 0 Å². The lowest BCUT2D eigenvalue weighted by Crippen LogP contribution is -2.49. The fourth-order valence-electron chi connectivity index (χ4n) is 6.30. The van der Waals surface area contributed by atoms with E-state index in [-0.39, 0.29) is 95.9 Å². The van der Waals surface area contributed by atoms with E-state index in [2.05, 4.69) is 18.5 Å². The Balaban J connectivity index is 6.87. The van der Waals surface area contributed by atoms with Crippen molar-refractivity contribution in [1.82, 2.24) is 0 Å². The van der Waals surface area contributed by atoms with Crippen LogP contribution in [0.15, 0.2) is 0 Å². The van der Waals surface area contributed by atoms with Gasteiger partial charge in [0.15, 0.2) is 21.5 Å². The van der Waals surface area contributed by atoms with E-state index in [1.54, 1.807) is 64.1 Å². The molecule has 0 saturated heterocycles. The number of carbonyl (C=O) groups is 4. The Hall–Kier alpha value is -0.240. The van der Waals surface area contributed by atoms with Gasteiger partial charge in [-0.3, -0.25) is 14.4 Å². The van der Waals surface area contributed by atoms with Crippen molar-refractivity contribution in [3.05, 3.63) is 0 Å². The van der Waals surface area contributed by atoms with Crippen molar-refractivity contribution < 1.29 is 76.8 Å². The van der Waals surface area contributed by atoms with E-state index in [0.717, 1.165) is 0 Å². The largest absolute Gasteiger partial charge is 0.381 e. The van der Waals surface area contributed by atoms with Gasteiger partial charge in [0.2, 0.25) is 5.85 Å². The molecule has 8 unspecified atom stereocenters. The summed E-state index contributed by atoms with van der Waals surface area (Å²) in [4.78, 5) is 48.0. The van der Waals surface area contributed by atoms with Gasteiger partial charge in [-0.15, -0.1) is 0 Å². The van der Waals surface area contributed by atoms with Gasteiger partial charge in [-0.2, -0.15) is 0 Å². The molecule has 0 bridgehead atoms. The summed E-state index contributed by atoms with van der Waals surface area (Å²) in [6, 6.07) is 0. The zero-order chi connectivity index (χ0) is 52.3. The molecule has 0 aromatic heterocycles. The fraction of sp³-hybridized carbons (Fsp3) is 0.917. The van der Waals surface area contributed by atoms with Crippen molar-refractivity contribution in [3.8, 4) is 0 Å². The Morgan fingerprint density at radius 3 is 1.15 bits per heavy atom. The topological polar surface area (TPSA) is 203 Å². The van der Waals surface area contributed by atoms with Crippen LogP contribution in [-0.4, -0.2) is 153 Å². The predicted octanol–water partition coefficient (Wildman–Crippen LogP) is 7.80. The molecule has 0 aromatic carbocycles. The number of hydrogen-bond donors (Lipinski definition) is 3. The number of carbonyl (C=O) groups excluding carboxylic acids is 4. The third kappa shape index (κ3) is 30.4. The minimum Gasteiger partial charge on any atom is -0.381 e. The molecule has 0 aliphatic carbocycles. The molecule has 0 radical (unpaired) electrons. The van der Waals surface area contributed by atoms with Gasteiger partial charge < -0.3 is 58.0 Å². The number of aldehydes is 1. The van der Waals surface area contributed by atoms with Gasteiger partial charge in [0.05, 0.1) is 104 Å². The van der Waals surface area contributed by atoms with E-state index in [9.17, 15) is 38.9 Å². The van der Waals surface area contributed by atoms with Crippen LogP contribution in [0.3, 0.4) is 0 Å². The molecule has 19 heteroatoms. The van der Waals surface area contributed by atoms with Crippen LogP contribution in [0.2, 0.25) is 0 Å². The molecule has 0 heterocycles. The molecule has 3 N–H and O–H groups in total. The molecule has 396 valence electrons. The second-order valence-corrected chi connectivity index (χ2v) is 24.5. The average Bonchev–Trinajstić information content (AvgIpc) is 3.16. The number of halogens is 2. The number of alkyl halides is 2. The highest BCUT2D eigenvalue weighted by molar-refractivity contribution is 14.1. The molecule has 15 nitrogen and oxygen atoms in total. The summed E-state index contributed by atoms with van der Waals surface area (Å²) >= 11 is 1.67. The third-order valence-corrected chi connectivity index (χ3v) is 13.0. The van der Waals surface area contributed by atoms with Gasteiger partial charge in [0.25, 0.3) is 0 Å².